The van der Waals surface area contributed by atoms with Crippen LogP contribution in [0.25, 0.3) is 0 Å². The highest BCUT2D eigenvalue weighted by molar-refractivity contribution is 6.04. The van der Waals surface area contributed by atoms with Gasteiger partial charge in [0.15, 0.2) is 0 Å². The number of ether oxygens (including phenoxy) is 1. The highest BCUT2D eigenvalue weighted by Gasteiger charge is 2.09. The minimum absolute atomic E-state index is 0.183. The lowest BCUT2D eigenvalue weighted by Gasteiger charge is -2.18. The Bertz CT molecular complexity index is 1030. The van der Waals surface area contributed by atoms with E-state index >= 15 is 0 Å². The third kappa shape index (κ3) is 6.17. The van der Waals surface area contributed by atoms with Gasteiger partial charge in [-0.3, -0.25) is 14.5 Å². The van der Waals surface area contributed by atoms with Gasteiger partial charge < -0.3 is 15.8 Å². The number of hydrogen-bond acceptors (Lipinski definition) is 4. The Kier molecular flexibility index (Phi) is 7.40. The van der Waals surface area contributed by atoms with Crippen LogP contribution in [0.2, 0.25) is 0 Å². The molecule has 0 aliphatic rings. The van der Waals surface area contributed by atoms with Gasteiger partial charge in [0.1, 0.15) is 11.5 Å². The Morgan fingerprint density at radius 1 is 0.871 bits per heavy atom. The van der Waals surface area contributed by atoms with E-state index in [-0.39, 0.29) is 5.91 Å². The van der Waals surface area contributed by atoms with E-state index in [1.165, 1.54) is 0 Å². The van der Waals surface area contributed by atoms with Gasteiger partial charge in [-0.2, -0.15) is 0 Å². The summed E-state index contributed by atoms with van der Waals surface area (Å²) in [6.07, 6.45) is 0. The van der Waals surface area contributed by atoms with Crippen LogP contribution in [-0.4, -0.2) is 29.8 Å². The van der Waals surface area contributed by atoms with Crippen LogP contribution in [0.4, 0.5) is 5.69 Å². The minimum Gasteiger partial charge on any atom is -0.457 e. The van der Waals surface area contributed by atoms with Gasteiger partial charge in [-0.15, -0.1) is 0 Å². The average molecular weight is 418 g/mol. The zero-order valence-corrected chi connectivity index (χ0v) is 17.8. The van der Waals surface area contributed by atoms with E-state index in [1.807, 2.05) is 18.2 Å². The molecule has 0 atom stereocenters. The number of amides is 2. The summed E-state index contributed by atoms with van der Waals surface area (Å²) in [7, 11) is 0. The topological polar surface area (TPSA) is 84.7 Å². The molecule has 0 saturated carbocycles. The first kappa shape index (κ1) is 22.1. The van der Waals surface area contributed by atoms with Gasteiger partial charge in [0.2, 0.25) is 5.91 Å². The quantitative estimate of drug-likeness (QED) is 0.530. The summed E-state index contributed by atoms with van der Waals surface area (Å²) in [6, 6.07) is 21.3. The van der Waals surface area contributed by atoms with Gasteiger partial charge >= 0.3 is 0 Å². The Hall–Kier alpha value is -3.64. The molecule has 0 unspecified atom stereocenters. The molecule has 0 aliphatic heterocycles. The molecular formula is C25H27N3O3. The molecular weight excluding hydrogens is 390 g/mol. The summed E-state index contributed by atoms with van der Waals surface area (Å²) >= 11 is 0. The molecule has 3 aromatic carbocycles. The molecule has 3 N–H and O–H groups in total. The van der Waals surface area contributed by atoms with Gasteiger partial charge in [0.25, 0.3) is 5.91 Å². The Morgan fingerprint density at radius 3 is 2.00 bits per heavy atom. The minimum atomic E-state index is -0.486. The number of rotatable bonds is 9. The summed E-state index contributed by atoms with van der Waals surface area (Å²) in [4.78, 5) is 26.1. The van der Waals surface area contributed by atoms with Crippen molar-refractivity contribution in [2.75, 3.05) is 18.4 Å². The maximum Gasteiger partial charge on any atom is 0.255 e. The second-order valence-electron chi connectivity index (χ2n) is 7.13. The molecule has 3 rings (SSSR count). The molecule has 31 heavy (non-hydrogen) atoms. The monoisotopic (exact) mass is 417 g/mol. The van der Waals surface area contributed by atoms with Crippen molar-refractivity contribution in [3.05, 3.63) is 89.5 Å². The summed E-state index contributed by atoms with van der Waals surface area (Å²) in [5.74, 6) is 0.495. The van der Waals surface area contributed by atoms with Crippen LogP contribution in [0.5, 0.6) is 11.5 Å². The summed E-state index contributed by atoms with van der Waals surface area (Å²) in [5, 5.41) is 2.95. The zero-order valence-electron chi connectivity index (χ0n) is 17.8. The molecule has 0 radical (unpaired) electrons. The van der Waals surface area contributed by atoms with Crippen LogP contribution in [0, 0.1) is 0 Å². The number of primary amides is 1. The molecule has 0 fully saturated rings. The van der Waals surface area contributed by atoms with Crippen LogP contribution >= 0.6 is 0 Å². The average Bonchev–Trinajstić information content (AvgIpc) is 2.78. The van der Waals surface area contributed by atoms with Gasteiger partial charge in [-0.1, -0.05) is 26.0 Å². The molecule has 2 amide bonds. The standard InChI is InChI=1S/C25H27N3O3/c1-3-28(4-2)17-18-6-5-7-21(16-18)27-25(30)20-10-14-23(15-11-20)31-22-12-8-19(9-13-22)24(26)29/h5-16H,3-4,17H2,1-2H3,(H2,26,29)(H,27,30). The third-order valence-electron chi connectivity index (χ3n) is 4.98. The second-order valence-corrected chi connectivity index (χ2v) is 7.13. The number of anilines is 1. The Morgan fingerprint density at radius 2 is 1.45 bits per heavy atom. The first-order chi connectivity index (χ1) is 15.0. The molecule has 0 spiro atoms. The van der Waals surface area contributed by atoms with E-state index < -0.39 is 5.91 Å². The fraction of sp³-hybridized carbons (Fsp3) is 0.200. The second kappa shape index (κ2) is 10.4. The van der Waals surface area contributed by atoms with E-state index in [4.69, 9.17) is 10.5 Å². The fourth-order valence-corrected chi connectivity index (χ4v) is 3.15. The SMILES string of the molecule is CCN(CC)Cc1cccc(NC(=O)c2ccc(Oc3ccc(C(N)=O)cc3)cc2)c1. The lowest BCUT2D eigenvalue weighted by atomic mass is 10.1. The number of hydrogen-bond donors (Lipinski definition) is 2. The lowest BCUT2D eigenvalue weighted by molar-refractivity contribution is 0.0997. The molecule has 0 heterocycles. The molecule has 0 aliphatic carbocycles. The highest BCUT2D eigenvalue weighted by Crippen LogP contribution is 2.22. The van der Waals surface area contributed by atoms with Crippen molar-refractivity contribution in [2.45, 2.75) is 20.4 Å². The maximum atomic E-state index is 12.6. The number of carbonyl (C=O) groups is 2. The van der Waals surface area contributed by atoms with Crippen LogP contribution in [0.3, 0.4) is 0 Å². The normalized spacial score (nSPS) is 10.7. The van der Waals surface area contributed by atoms with E-state index in [0.717, 1.165) is 30.9 Å². The molecule has 6 heteroatoms. The lowest BCUT2D eigenvalue weighted by Crippen LogP contribution is -2.22. The van der Waals surface area contributed by atoms with Crippen molar-refractivity contribution >= 4 is 17.5 Å². The first-order valence-electron chi connectivity index (χ1n) is 10.3. The summed E-state index contributed by atoms with van der Waals surface area (Å²) < 4.78 is 5.75. The third-order valence-corrected chi connectivity index (χ3v) is 4.98. The van der Waals surface area contributed by atoms with E-state index in [2.05, 4.69) is 30.1 Å². The molecule has 3 aromatic rings. The number of nitrogens with one attached hydrogen (secondary N) is 1. The summed E-state index contributed by atoms with van der Waals surface area (Å²) in [5.41, 5.74) is 8.12. The summed E-state index contributed by atoms with van der Waals surface area (Å²) in [6.45, 7) is 7.09. The van der Waals surface area contributed by atoms with Gasteiger partial charge in [0, 0.05) is 23.4 Å². The Labute approximate surface area is 182 Å². The van der Waals surface area contributed by atoms with Crippen LogP contribution in [0.15, 0.2) is 72.8 Å². The van der Waals surface area contributed by atoms with Crippen molar-refractivity contribution in [1.82, 2.24) is 4.90 Å². The Balaban J connectivity index is 1.62. The van der Waals surface area contributed by atoms with E-state index in [1.54, 1.807) is 48.5 Å². The van der Waals surface area contributed by atoms with Crippen molar-refractivity contribution in [1.29, 1.82) is 0 Å². The van der Waals surface area contributed by atoms with Gasteiger partial charge in [-0.25, -0.2) is 0 Å². The number of carbonyl (C=O) groups excluding carboxylic acids is 2. The molecule has 0 saturated heterocycles. The van der Waals surface area contributed by atoms with Crippen molar-refractivity contribution < 1.29 is 14.3 Å². The smallest absolute Gasteiger partial charge is 0.255 e. The largest absolute Gasteiger partial charge is 0.457 e. The fourth-order valence-electron chi connectivity index (χ4n) is 3.15. The highest BCUT2D eigenvalue weighted by atomic mass is 16.5. The van der Waals surface area contributed by atoms with Crippen molar-refractivity contribution in [2.24, 2.45) is 5.73 Å². The van der Waals surface area contributed by atoms with E-state index in [9.17, 15) is 9.59 Å². The maximum absolute atomic E-state index is 12.6. The van der Waals surface area contributed by atoms with Crippen molar-refractivity contribution in [3.8, 4) is 11.5 Å². The van der Waals surface area contributed by atoms with Crippen LogP contribution in [-0.2, 0) is 6.54 Å². The van der Waals surface area contributed by atoms with Crippen LogP contribution in [0.1, 0.15) is 40.1 Å². The number of benzene rings is 3. The molecule has 0 bridgehead atoms. The molecule has 6 nitrogen and oxygen atoms in total. The van der Waals surface area contributed by atoms with Gasteiger partial charge in [-0.05, 0) is 79.3 Å². The number of nitrogens with zero attached hydrogens (tertiary/aromatic N) is 1. The predicted octanol–water partition coefficient (Wildman–Crippen LogP) is 4.67. The first-order valence-corrected chi connectivity index (χ1v) is 10.3. The van der Waals surface area contributed by atoms with Gasteiger partial charge in [0.05, 0.1) is 0 Å². The molecule has 0 aromatic heterocycles. The van der Waals surface area contributed by atoms with Crippen molar-refractivity contribution in [3.63, 3.8) is 0 Å². The number of nitrogens with two attached hydrogens (primary N) is 1. The van der Waals surface area contributed by atoms with Crippen LogP contribution < -0.4 is 15.8 Å². The predicted molar refractivity (Wildman–Crippen MR) is 122 cm³/mol. The zero-order chi connectivity index (χ0) is 22.2. The van der Waals surface area contributed by atoms with E-state index in [0.29, 0.717) is 22.6 Å². The molecule has 160 valence electrons.